The summed E-state index contributed by atoms with van der Waals surface area (Å²) >= 11 is 0. The van der Waals surface area contributed by atoms with Crippen LogP contribution in [0.4, 0.5) is 0 Å². The summed E-state index contributed by atoms with van der Waals surface area (Å²) in [5.74, 6) is 0.613. The Morgan fingerprint density at radius 1 is 1.58 bits per heavy atom. The van der Waals surface area contributed by atoms with Crippen molar-refractivity contribution in [2.24, 2.45) is 15.9 Å². The molecule has 0 bridgehead atoms. The Hall–Kier alpha value is -0.920. The molecule has 1 aliphatic heterocycles. The lowest BCUT2D eigenvalue weighted by atomic mass is 9.84. The van der Waals surface area contributed by atoms with Gasteiger partial charge in [-0.25, -0.2) is 0 Å². The molecule has 0 aromatic rings. The third kappa shape index (κ3) is 1.22. The number of allylic oxidation sites excluding steroid dienone is 1. The Labute approximate surface area is 73.1 Å². The van der Waals surface area contributed by atoms with Gasteiger partial charge in [0.25, 0.3) is 0 Å². The molecule has 1 saturated carbocycles. The molecule has 1 atom stereocenters. The first-order chi connectivity index (χ1) is 5.92. The molecule has 0 N–H and O–H groups in total. The van der Waals surface area contributed by atoms with Gasteiger partial charge in [-0.1, -0.05) is 6.42 Å². The predicted molar refractivity (Wildman–Crippen MR) is 51.9 cm³/mol. The molecule has 0 amide bonds. The fourth-order valence-corrected chi connectivity index (χ4v) is 2.03. The number of hydrogen-bond donors (Lipinski definition) is 0. The molecule has 2 rings (SSSR count). The van der Waals surface area contributed by atoms with Crippen LogP contribution in [0.2, 0.25) is 0 Å². The molecule has 0 aromatic heterocycles. The first kappa shape index (κ1) is 7.71. The second-order valence-corrected chi connectivity index (χ2v) is 3.44. The quantitative estimate of drug-likeness (QED) is 0.528. The lowest BCUT2D eigenvalue weighted by molar-refractivity contribution is 0.594. The molecule has 0 radical (unpaired) electrons. The van der Waals surface area contributed by atoms with E-state index >= 15 is 0 Å². The normalized spacial score (nSPS) is 28.6. The van der Waals surface area contributed by atoms with Gasteiger partial charge in [0.05, 0.1) is 0 Å². The summed E-state index contributed by atoms with van der Waals surface area (Å²) < 4.78 is 0. The smallest absolute Gasteiger partial charge is 0.0321 e. The van der Waals surface area contributed by atoms with E-state index in [4.69, 9.17) is 0 Å². The van der Waals surface area contributed by atoms with E-state index < -0.39 is 0 Å². The SMILES string of the molecule is CN=CC1=CN=C2CCCC[C@@H]12. The van der Waals surface area contributed by atoms with Crippen LogP contribution < -0.4 is 0 Å². The topological polar surface area (TPSA) is 24.7 Å². The van der Waals surface area contributed by atoms with Crippen LogP contribution in [-0.4, -0.2) is 19.0 Å². The summed E-state index contributed by atoms with van der Waals surface area (Å²) in [5, 5.41) is 0. The van der Waals surface area contributed by atoms with Crippen LogP contribution in [0.1, 0.15) is 25.7 Å². The van der Waals surface area contributed by atoms with Crippen molar-refractivity contribution in [2.45, 2.75) is 25.7 Å². The fraction of sp³-hybridized carbons (Fsp3) is 0.600. The van der Waals surface area contributed by atoms with E-state index in [0.29, 0.717) is 5.92 Å². The van der Waals surface area contributed by atoms with E-state index in [0.717, 1.165) is 0 Å². The highest BCUT2D eigenvalue weighted by atomic mass is 14.8. The van der Waals surface area contributed by atoms with Gasteiger partial charge in [-0.2, -0.15) is 0 Å². The molecule has 2 nitrogen and oxygen atoms in total. The highest BCUT2D eigenvalue weighted by Crippen LogP contribution is 2.30. The minimum atomic E-state index is 0.613. The van der Waals surface area contributed by atoms with Gasteiger partial charge in [0, 0.05) is 31.1 Å². The lowest BCUT2D eigenvalue weighted by Crippen LogP contribution is -2.18. The van der Waals surface area contributed by atoms with Crippen LogP contribution in [0.3, 0.4) is 0 Å². The van der Waals surface area contributed by atoms with Crippen molar-refractivity contribution in [1.82, 2.24) is 0 Å². The van der Waals surface area contributed by atoms with Gasteiger partial charge in [0.2, 0.25) is 0 Å². The Kier molecular flexibility index (Phi) is 2.07. The van der Waals surface area contributed by atoms with Gasteiger partial charge in [-0.05, 0) is 24.8 Å². The summed E-state index contributed by atoms with van der Waals surface area (Å²) in [6, 6.07) is 0. The van der Waals surface area contributed by atoms with Gasteiger partial charge >= 0.3 is 0 Å². The zero-order chi connectivity index (χ0) is 8.39. The van der Waals surface area contributed by atoms with E-state index in [1.165, 1.54) is 37.0 Å². The molecule has 2 aliphatic rings. The molecule has 64 valence electrons. The van der Waals surface area contributed by atoms with Crippen LogP contribution >= 0.6 is 0 Å². The van der Waals surface area contributed by atoms with Crippen molar-refractivity contribution < 1.29 is 0 Å². The Morgan fingerprint density at radius 2 is 2.50 bits per heavy atom. The van der Waals surface area contributed by atoms with Gasteiger partial charge in [-0.3, -0.25) is 9.98 Å². The zero-order valence-electron chi connectivity index (χ0n) is 7.45. The molecule has 12 heavy (non-hydrogen) atoms. The van der Waals surface area contributed by atoms with Crippen LogP contribution in [0.5, 0.6) is 0 Å². The Morgan fingerprint density at radius 3 is 3.33 bits per heavy atom. The van der Waals surface area contributed by atoms with Crippen molar-refractivity contribution in [3.05, 3.63) is 11.8 Å². The second-order valence-electron chi connectivity index (χ2n) is 3.44. The van der Waals surface area contributed by atoms with Gasteiger partial charge < -0.3 is 0 Å². The standard InChI is InChI=1S/C10H14N2/c1-11-6-8-7-12-10-5-3-2-4-9(8)10/h6-7,9H,2-5H2,1H3/t9-/m0/s1. The number of fused-ring (bicyclic) bond motifs is 1. The average Bonchev–Trinajstić information content (AvgIpc) is 2.50. The first-order valence-electron chi connectivity index (χ1n) is 4.60. The van der Waals surface area contributed by atoms with Crippen LogP contribution in [0, 0.1) is 5.92 Å². The molecule has 1 aliphatic carbocycles. The van der Waals surface area contributed by atoms with Crippen molar-refractivity contribution in [3.8, 4) is 0 Å². The molecular weight excluding hydrogens is 148 g/mol. The molecule has 1 fully saturated rings. The summed E-state index contributed by atoms with van der Waals surface area (Å²) in [7, 11) is 1.82. The summed E-state index contributed by atoms with van der Waals surface area (Å²) in [6.07, 6.45) is 9.07. The average molecular weight is 162 g/mol. The van der Waals surface area contributed by atoms with Crippen molar-refractivity contribution in [3.63, 3.8) is 0 Å². The number of aliphatic imine (C=N–C) groups is 2. The van der Waals surface area contributed by atoms with E-state index in [-0.39, 0.29) is 0 Å². The highest BCUT2D eigenvalue weighted by Gasteiger charge is 2.25. The maximum Gasteiger partial charge on any atom is 0.0321 e. The predicted octanol–water partition coefficient (Wildman–Crippen LogP) is 2.22. The zero-order valence-corrected chi connectivity index (χ0v) is 7.45. The Bertz CT molecular complexity index is 261. The lowest BCUT2D eigenvalue weighted by Gasteiger charge is -2.20. The van der Waals surface area contributed by atoms with E-state index in [9.17, 15) is 0 Å². The van der Waals surface area contributed by atoms with Crippen LogP contribution in [0.15, 0.2) is 21.8 Å². The maximum absolute atomic E-state index is 4.42. The third-order valence-electron chi connectivity index (χ3n) is 2.64. The van der Waals surface area contributed by atoms with Crippen LogP contribution in [0.25, 0.3) is 0 Å². The van der Waals surface area contributed by atoms with Gasteiger partial charge in [0.15, 0.2) is 0 Å². The minimum absolute atomic E-state index is 0.613. The van der Waals surface area contributed by atoms with E-state index in [1.807, 2.05) is 19.5 Å². The second kappa shape index (κ2) is 3.21. The summed E-state index contributed by atoms with van der Waals surface area (Å²) in [5.41, 5.74) is 2.70. The molecule has 0 spiro atoms. The van der Waals surface area contributed by atoms with E-state index in [2.05, 4.69) is 9.98 Å². The molecular formula is C10H14N2. The molecule has 1 heterocycles. The number of rotatable bonds is 1. The number of nitrogens with zero attached hydrogens (tertiary/aromatic N) is 2. The Balaban J connectivity index is 2.14. The first-order valence-corrected chi connectivity index (χ1v) is 4.60. The number of hydrogen-bond acceptors (Lipinski definition) is 2. The monoisotopic (exact) mass is 162 g/mol. The molecule has 0 saturated heterocycles. The largest absolute Gasteiger partial charge is 0.296 e. The van der Waals surface area contributed by atoms with Crippen molar-refractivity contribution in [1.29, 1.82) is 0 Å². The summed E-state index contributed by atoms with van der Waals surface area (Å²) in [6.45, 7) is 0. The minimum Gasteiger partial charge on any atom is -0.296 e. The summed E-state index contributed by atoms with van der Waals surface area (Å²) in [4.78, 5) is 8.46. The van der Waals surface area contributed by atoms with Crippen molar-refractivity contribution >= 4 is 11.9 Å². The molecule has 0 aromatic carbocycles. The van der Waals surface area contributed by atoms with Crippen LogP contribution in [-0.2, 0) is 0 Å². The van der Waals surface area contributed by atoms with Gasteiger partial charge in [-0.15, -0.1) is 0 Å². The van der Waals surface area contributed by atoms with Crippen molar-refractivity contribution in [2.75, 3.05) is 7.05 Å². The third-order valence-corrected chi connectivity index (χ3v) is 2.64. The van der Waals surface area contributed by atoms with E-state index in [1.54, 1.807) is 0 Å². The highest BCUT2D eigenvalue weighted by molar-refractivity contribution is 5.99. The molecule has 0 unspecified atom stereocenters. The molecule has 2 heteroatoms. The fourth-order valence-electron chi connectivity index (χ4n) is 2.03. The van der Waals surface area contributed by atoms with Gasteiger partial charge in [0.1, 0.15) is 0 Å². The maximum atomic E-state index is 4.42.